The topological polar surface area (TPSA) is 72.7 Å². The molecule has 34 heavy (non-hydrogen) atoms. The van der Waals surface area contributed by atoms with Gasteiger partial charge in [-0.05, 0) is 53.2 Å². The fourth-order valence-corrected chi connectivity index (χ4v) is 3.54. The van der Waals surface area contributed by atoms with Gasteiger partial charge in [-0.25, -0.2) is 9.67 Å². The van der Waals surface area contributed by atoms with E-state index < -0.39 is 17.8 Å². The monoisotopic (exact) mass is 459 g/mol. The maximum absolute atomic E-state index is 13.7. The minimum absolute atomic E-state index is 0.0603. The van der Waals surface area contributed by atoms with Gasteiger partial charge in [0.1, 0.15) is 11.4 Å². The number of hydrogen-bond acceptors (Lipinski definition) is 4. The Bertz CT molecular complexity index is 1480. The van der Waals surface area contributed by atoms with Crippen molar-refractivity contribution in [2.24, 2.45) is 0 Å². The zero-order valence-corrected chi connectivity index (χ0v) is 17.5. The van der Waals surface area contributed by atoms with E-state index in [2.05, 4.69) is 20.4 Å². The number of nitrogens with zero attached hydrogens (tertiary/aromatic N) is 4. The van der Waals surface area contributed by atoms with Crippen LogP contribution in [-0.4, -0.2) is 25.7 Å². The number of carbonyl (C=O) groups excluding carboxylic acids is 1. The van der Waals surface area contributed by atoms with Crippen molar-refractivity contribution in [1.82, 2.24) is 19.7 Å². The highest BCUT2D eigenvalue weighted by atomic mass is 19.4. The van der Waals surface area contributed by atoms with Crippen LogP contribution in [0.4, 0.5) is 18.9 Å². The summed E-state index contributed by atoms with van der Waals surface area (Å²) in [6.45, 7) is 0. The molecule has 3 heterocycles. The third-order valence-corrected chi connectivity index (χ3v) is 5.19. The molecular weight excluding hydrogens is 443 g/mol. The number of fused-ring (bicyclic) bond motifs is 1. The molecule has 1 amide bonds. The molecule has 0 radical (unpaired) electrons. The minimum atomic E-state index is -4.64. The lowest BCUT2D eigenvalue weighted by atomic mass is 10.1. The first-order valence-corrected chi connectivity index (χ1v) is 10.2. The molecule has 0 unspecified atom stereocenters. The number of anilines is 1. The van der Waals surface area contributed by atoms with E-state index in [-0.39, 0.29) is 17.1 Å². The van der Waals surface area contributed by atoms with Gasteiger partial charge in [0.15, 0.2) is 0 Å². The van der Waals surface area contributed by atoms with E-state index in [9.17, 15) is 18.0 Å². The zero-order valence-electron chi connectivity index (χ0n) is 17.5. The fraction of sp³-hybridized carbons (Fsp3) is 0.0400. The van der Waals surface area contributed by atoms with Crippen LogP contribution in [0.5, 0.6) is 0 Å². The molecule has 5 aromatic rings. The lowest BCUT2D eigenvalue weighted by molar-refractivity contribution is -0.142. The van der Waals surface area contributed by atoms with Crippen molar-refractivity contribution in [2.75, 3.05) is 5.32 Å². The maximum atomic E-state index is 13.7. The van der Waals surface area contributed by atoms with Gasteiger partial charge in [-0.1, -0.05) is 30.3 Å². The van der Waals surface area contributed by atoms with Crippen molar-refractivity contribution >= 4 is 22.4 Å². The van der Waals surface area contributed by atoms with Gasteiger partial charge in [-0.15, -0.1) is 0 Å². The van der Waals surface area contributed by atoms with Gasteiger partial charge in [0.05, 0.1) is 17.6 Å². The van der Waals surface area contributed by atoms with E-state index >= 15 is 0 Å². The SMILES string of the molecule is O=C(Nc1ccc2ccccc2c1)c1ccc(-n2nc(-c3cccnc3)cc2C(F)(F)F)cn1. The zero-order chi connectivity index (χ0) is 23.7. The highest BCUT2D eigenvalue weighted by molar-refractivity contribution is 6.04. The summed E-state index contributed by atoms with van der Waals surface area (Å²) in [5.41, 5.74) is 0.336. The Kier molecular flexibility index (Phi) is 5.29. The summed E-state index contributed by atoms with van der Waals surface area (Å²) in [5, 5.41) is 8.86. The Hall–Kier alpha value is -4.53. The average Bonchev–Trinajstić information content (AvgIpc) is 3.31. The molecule has 9 heteroatoms. The van der Waals surface area contributed by atoms with Gasteiger partial charge in [0.2, 0.25) is 0 Å². The lowest BCUT2D eigenvalue weighted by Gasteiger charge is -2.10. The number of rotatable bonds is 4. The van der Waals surface area contributed by atoms with Crippen LogP contribution in [-0.2, 0) is 6.18 Å². The Morgan fingerprint density at radius 3 is 2.41 bits per heavy atom. The van der Waals surface area contributed by atoms with Crippen molar-refractivity contribution in [2.45, 2.75) is 6.18 Å². The quantitative estimate of drug-likeness (QED) is 0.371. The Morgan fingerprint density at radius 1 is 0.882 bits per heavy atom. The van der Waals surface area contributed by atoms with Crippen LogP contribution >= 0.6 is 0 Å². The molecule has 6 nitrogen and oxygen atoms in total. The highest BCUT2D eigenvalue weighted by Gasteiger charge is 2.36. The average molecular weight is 459 g/mol. The van der Waals surface area contributed by atoms with Crippen LogP contribution in [0.1, 0.15) is 16.2 Å². The van der Waals surface area contributed by atoms with E-state index in [1.54, 1.807) is 18.2 Å². The lowest BCUT2D eigenvalue weighted by Crippen LogP contribution is -2.15. The Labute approximate surface area is 191 Å². The summed E-state index contributed by atoms with van der Waals surface area (Å²) in [6.07, 6.45) is -0.494. The Balaban J connectivity index is 1.42. The number of carbonyl (C=O) groups is 1. The van der Waals surface area contributed by atoms with Crippen molar-refractivity contribution in [3.8, 4) is 16.9 Å². The molecule has 1 N–H and O–H groups in total. The van der Waals surface area contributed by atoms with E-state index in [0.717, 1.165) is 21.5 Å². The van der Waals surface area contributed by atoms with Gasteiger partial charge < -0.3 is 5.32 Å². The molecule has 3 aromatic heterocycles. The first-order chi connectivity index (χ1) is 16.4. The van der Waals surface area contributed by atoms with Crippen LogP contribution < -0.4 is 5.32 Å². The number of amides is 1. The summed E-state index contributed by atoms with van der Waals surface area (Å²) in [6, 6.07) is 20.1. The number of benzene rings is 2. The summed E-state index contributed by atoms with van der Waals surface area (Å²) in [7, 11) is 0. The number of pyridine rings is 2. The Morgan fingerprint density at radius 2 is 1.71 bits per heavy atom. The first kappa shape index (κ1) is 21.3. The van der Waals surface area contributed by atoms with Crippen molar-refractivity contribution in [3.05, 3.63) is 103 Å². The summed E-state index contributed by atoms with van der Waals surface area (Å²) in [5.74, 6) is -0.477. The molecule has 0 saturated carbocycles. The number of alkyl halides is 3. The third kappa shape index (κ3) is 4.23. The largest absolute Gasteiger partial charge is 0.433 e. The van der Waals surface area contributed by atoms with Crippen LogP contribution in [0.15, 0.2) is 91.4 Å². The van der Waals surface area contributed by atoms with E-state index in [1.165, 1.54) is 30.7 Å². The van der Waals surface area contributed by atoms with E-state index in [1.807, 2.05) is 36.4 Å². The van der Waals surface area contributed by atoms with Crippen LogP contribution in [0.3, 0.4) is 0 Å². The van der Waals surface area contributed by atoms with E-state index in [0.29, 0.717) is 11.3 Å². The molecule has 0 atom stereocenters. The van der Waals surface area contributed by atoms with E-state index in [4.69, 9.17) is 0 Å². The first-order valence-electron chi connectivity index (χ1n) is 10.2. The molecule has 0 spiro atoms. The molecule has 0 aliphatic heterocycles. The van der Waals surface area contributed by atoms with Crippen molar-refractivity contribution in [3.63, 3.8) is 0 Å². The van der Waals surface area contributed by atoms with Gasteiger partial charge in [-0.3, -0.25) is 9.78 Å². The van der Waals surface area contributed by atoms with Crippen LogP contribution in [0.25, 0.3) is 27.7 Å². The summed E-state index contributed by atoms with van der Waals surface area (Å²) in [4.78, 5) is 20.6. The van der Waals surface area contributed by atoms with Crippen molar-refractivity contribution in [1.29, 1.82) is 0 Å². The molecule has 0 bridgehead atoms. The van der Waals surface area contributed by atoms with Gasteiger partial charge in [-0.2, -0.15) is 18.3 Å². The second-order valence-electron chi connectivity index (χ2n) is 7.48. The number of halogens is 3. The standard InChI is InChI=1S/C25H16F3N5O/c26-25(27,28)23-13-22(18-6-3-11-29-14-18)32-33(23)20-9-10-21(30-15-20)24(34)31-19-8-7-16-4-1-2-5-17(16)12-19/h1-15H,(H,31,34). The second kappa shape index (κ2) is 8.43. The minimum Gasteiger partial charge on any atom is -0.321 e. The smallest absolute Gasteiger partial charge is 0.321 e. The molecule has 0 fully saturated rings. The third-order valence-electron chi connectivity index (χ3n) is 5.19. The molecule has 5 rings (SSSR count). The van der Waals surface area contributed by atoms with Crippen LogP contribution in [0.2, 0.25) is 0 Å². The van der Waals surface area contributed by atoms with Gasteiger partial charge in [0.25, 0.3) is 5.91 Å². The molecule has 0 saturated heterocycles. The molecule has 2 aromatic carbocycles. The molecule has 168 valence electrons. The summed E-state index contributed by atoms with van der Waals surface area (Å²) >= 11 is 0. The van der Waals surface area contributed by atoms with Crippen LogP contribution in [0, 0.1) is 0 Å². The normalized spacial score (nSPS) is 11.5. The van der Waals surface area contributed by atoms with Gasteiger partial charge >= 0.3 is 6.18 Å². The molecular formula is C25H16F3N5O. The second-order valence-corrected chi connectivity index (χ2v) is 7.48. The fourth-order valence-electron chi connectivity index (χ4n) is 3.54. The molecule has 0 aliphatic carbocycles. The van der Waals surface area contributed by atoms with Gasteiger partial charge in [0, 0.05) is 23.6 Å². The highest BCUT2D eigenvalue weighted by Crippen LogP contribution is 2.33. The number of nitrogens with one attached hydrogen (secondary N) is 1. The number of hydrogen-bond donors (Lipinski definition) is 1. The summed E-state index contributed by atoms with van der Waals surface area (Å²) < 4.78 is 41.8. The predicted octanol–water partition coefficient (Wildman–Crippen LogP) is 5.75. The number of aromatic nitrogens is 4. The maximum Gasteiger partial charge on any atom is 0.433 e. The molecule has 0 aliphatic rings. The van der Waals surface area contributed by atoms with Crippen molar-refractivity contribution < 1.29 is 18.0 Å². The predicted molar refractivity (Wildman–Crippen MR) is 121 cm³/mol.